The summed E-state index contributed by atoms with van der Waals surface area (Å²) in [6, 6.07) is 7.27. The molecule has 1 aromatic heterocycles. The molecular weight excluding hydrogens is 431 g/mol. The lowest BCUT2D eigenvalue weighted by atomic mass is 9.82. The molecule has 1 saturated carbocycles. The highest BCUT2D eigenvalue weighted by atomic mass is 19.4. The van der Waals surface area contributed by atoms with Gasteiger partial charge in [0, 0.05) is 5.92 Å². The van der Waals surface area contributed by atoms with E-state index in [1.807, 2.05) is 31.2 Å². The third-order valence-corrected chi connectivity index (χ3v) is 5.51. The predicted octanol–water partition coefficient (Wildman–Crippen LogP) is 3.58. The van der Waals surface area contributed by atoms with Gasteiger partial charge in [-0.25, -0.2) is 0 Å². The molecule has 1 N–H and O–H groups in total. The Hall–Kier alpha value is -2.66. The maximum atomic E-state index is 12.2. The van der Waals surface area contributed by atoms with Crippen LogP contribution >= 0.6 is 0 Å². The number of halogens is 3. The number of hydrogen-bond acceptors (Lipinski definition) is 7. The molecule has 1 saturated heterocycles. The molecule has 2 fully saturated rings. The Morgan fingerprint density at radius 3 is 2.53 bits per heavy atom. The average molecular weight is 455 g/mol. The number of amides is 1. The molecule has 0 bridgehead atoms. The molecule has 32 heavy (non-hydrogen) atoms. The molecule has 1 aliphatic heterocycles. The van der Waals surface area contributed by atoms with Gasteiger partial charge in [0.2, 0.25) is 11.8 Å². The smallest absolute Gasteiger partial charge is 0.484 e. The van der Waals surface area contributed by atoms with E-state index in [0.717, 1.165) is 5.56 Å². The Labute approximate surface area is 182 Å². The van der Waals surface area contributed by atoms with E-state index in [0.29, 0.717) is 30.4 Å². The quantitative estimate of drug-likeness (QED) is 0.682. The summed E-state index contributed by atoms with van der Waals surface area (Å²) >= 11 is 0. The van der Waals surface area contributed by atoms with Gasteiger partial charge in [0.25, 0.3) is 5.91 Å². The topological polar surface area (TPSA) is 95.7 Å². The lowest BCUT2D eigenvalue weighted by Gasteiger charge is -2.33. The van der Waals surface area contributed by atoms with Crippen LogP contribution in [0.3, 0.4) is 0 Å². The maximum Gasteiger partial charge on any atom is 0.522 e. The normalized spacial score (nSPS) is 25.8. The number of aromatic nitrogens is 2. The average Bonchev–Trinajstić information content (AvgIpc) is 3.19. The number of hydrogen-bond donors (Lipinski definition) is 1. The van der Waals surface area contributed by atoms with Gasteiger partial charge >= 0.3 is 6.36 Å². The first-order valence-electron chi connectivity index (χ1n) is 10.4. The zero-order valence-corrected chi connectivity index (χ0v) is 17.4. The number of benzene rings is 1. The van der Waals surface area contributed by atoms with Gasteiger partial charge in [-0.1, -0.05) is 17.7 Å². The highest BCUT2D eigenvalue weighted by molar-refractivity contribution is 5.77. The van der Waals surface area contributed by atoms with Crippen molar-refractivity contribution in [3.05, 3.63) is 41.6 Å². The Bertz CT molecular complexity index is 904. The number of aryl methyl sites for hydroxylation is 1. The maximum absolute atomic E-state index is 12.2. The van der Waals surface area contributed by atoms with Crippen molar-refractivity contribution in [2.75, 3.05) is 13.2 Å². The summed E-state index contributed by atoms with van der Waals surface area (Å²) in [5.74, 6) is 0.744. The zero-order chi connectivity index (χ0) is 22.7. The molecule has 1 amide bonds. The molecule has 2 heterocycles. The van der Waals surface area contributed by atoms with E-state index >= 15 is 0 Å². The van der Waals surface area contributed by atoms with Crippen molar-refractivity contribution in [2.24, 2.45) is 0 Å². The van der Waals surface area contributed by atoms with Crippen LogP contribution in [0, 0.1) is 6.92 Å². The van der Waals surface area contributed by atoms with Crippen LogP contribution in [0.2, 0.25) is 0 Å². The van der Waals surface area contributed by atoms with Gasteiger partial charge in [-0.05, 0) is 44.7 Å². The third-order valence-electron chi connectivity index (χ3n) is 5.51. The Kier molecular flexibility index (Phi) is 6.66. The largest absolute Gasteiger partial charge is 0.522 e. The van der Waals surface area contributed by atoms with Crippen molar-refractivity contribution in [2.45, 2.75) is 63.1 Å². The molecule has 2 atom stereocenters. The molecular formula is C21H24F3N3O5. The molecule has 1 aliphatic carbocycles. The number of carbonyl (C=O) groups is 1. The highest BCUT2D eigenvalue weighted by Crippen LogP contribution is 2.41. The number of alkyl halides is 3. The summed E-state index contributed by atoms with van der Waals surface area (Å²) in [5.41, 5.74) is 1.11. The molecule has 0 radical (unpaired) electrons. The van der Waals surface area contributed by atoms with Gasteiger partial charge in [-0.2, -0.15) is 0 Å². The fourth-order valence-corrected chi connectivity index (χ4v) is 3.71. The molecule has 174 valence electrons. The third kappa shape index (κ3) is 5.98. The van der Waals surface area contributed by atoms with Crippen molar-refractivity contribution in [3.8, 4) is 5.75 Å². The van der Waals surface area contributed by atoms with Gasteiger partial charge in [-0.15, -0.1) is 23.4 Å². The molecule has 11 heteroatoms. The summed E-state index contributed by atoms with van der Waals surface area (Å²) in [4.78, 5) is 12.1. The monoisotopic (exact) mass is 455 g/mol. The summed E-state index contributed by atoms with van der Waals surface area (Å²) in [6.07, 6.45) is -4.32. The Morgan fingerprint density at radius 2 is 1.88 bits per heavy atom. The second-order valence-corrected chi connectivity index (χ2v) is 8.10. The van der Waals surface area contributed by atoms with E-state index in [4.69, 9.17) is 13.9 Å². The fraction of sp³-hybridized carbons (Fsp3) is 0.571. The van der Waals surface area contributed by atoms with Crippen molar-refractivity contribution in [1.82, 2.24) is 15.5 Å². The molecule has 2 aliphatic rings. The first-order valence-corrected chi connectivity index (χ1v) is 10.4. The van der Waals surface area contributed by atoms with E-state index < -0.39 is 18.6 Å². The lowest BCUT2D eigenvalue weighted by Crippen LogP contribution is -2.43. The Balaban J connectivity index is 1.17. The van der Waals surface area contributed by atoms with Crippen molar-refractivity contribution in [1.29, 1.82) is 0 Å². The van der Waals surface area contributed by atoms with Crippen LogP contribution in [-0.2, 0) is 14.3 Å². The number of nitrogens with one attached hydrogen (secondary N) is 1. The first kappa shape index (κ1) is 22.5. The van der Waals surface area contributed by atoms with E-state index in [-0.39, 0.29) is 43.9 Å². The van der Waals surface area contributed by atoms with E-state index in [2.05, 4.69) is 20.3 Å². The second-order valence-electron chi connectivity index (χ2n) is 8.10. The first-order chi connectivity index (χ1) is 15.2. The standard InChI is InChI=1S/C21H24F3N3O5/c1-12-2-5-15(6-3-12)29-11-18(28)25-14-4-7-17(30-10-14)20-27-26-19(31-20)13-8-16(9-13)32-21(22,23)24/h2-3,5-6,13-14,16-17H,4,7-11H2,1H3,(H,25,28)/t13-,14-,16+,17+/m0/s1. The molecule has 1 aromatic carbocycles. The van der Waals surface area contributed by atoms with Crippen molar-refractivity contribution >= 4 is 5.91 Å². The van der Waals surface area contributed by atoms with Crippen LogP contribution < -0.4 is 10.1 Å². The van der Waals surface area contributed by atoms with Crippen LogP contribution in [0.5, 0.6) is 5.75 Å². The van der Waals surface area contributed by atoms with Crippen LogP contribution in [-0.4, -0.2) is 47.8 Å². The van der Waals surface area contributed by atoms with Crippen LogP contribution in [0.15, 0.2) is 28.7 Å². The second kappa shape index (κ2) is 9.45. The molecule has 2 aromatic rings. The van der Waals surface area contributed by atoms with Crippen LogP contribution in [0.4, 0.5) is 13.2 Å². The number of ether oxygens (including phenoxy) is 3. The van der Waals surface area contributed by atoms with Gasteiger partial charge < -0.3 is 19.2 Å². The molecule has 8 nitrogen and oxygen atoms in total. The Morgan fingerprint density at radius 1 is 1.16 bits per heavy atom. The minimum atomic E-state index is -4.63. The zero-order valence-electron chi connectivity index (χ0n) is 17.4. The molecule has 4 rings (SSSR count). The summed E-state index contributed by atoms with van der Waals surface area (Å²) < 4.78 is 57.5. The summed E-state index contributed by atoms with van der Waals surface area (Å²) in [5, 5.41) is 10.8. The SMILES string of the molecule is Cc1ccc(OCC(=O)N[C@H]2CC[C@H](c3nnc([C@H]4C[C@@H](OC(F)(F)F)C4)o3)OC2)cc1. The van der Waals surface area contributed by atoms with Crippen molar-refractivity contribution < 1.29 is 36.6 Å². The number of carbonyl (C=O) groups excluding carboxylic acids is 1. The lowest BCUT2D eigenvalue weighted by molar-refractivity contribution is -0.352. The van der Waals surface area contributed by atoms with Crippen molar-refractivity contribution in [3.63, 3.8) is 0 Å². The summed E-state index contributed by atoms with van der Waals surface area (Å²) in [7, 11) is 0. The predicted molar refractivity (Wildman–Crippen MR) is 104 cm³/mol. The molecule has 0 spiro atoms. The van der Waals surface area contributed by atoms with E-state index in [1.54, 1.807) is 0 Å². The minimum absolute atomic E-state index is 0.0869. The van der Waals surface area contributed by atoms with Crippen LogP contribution in [0.25, 0.3) is 0 Å². The van der Waals surface area contributed by atoms with E-state index in [1.165, 1.54) is 0 Å². The van der Waals surface area contributed by atoms with E-state index in [9.17, 15) is 18.0 Å². The number of nitrogens with zero attached hydrogens (tertiary/aromatic N) is 2. The van der Waals surface area contributed by atoms with Gasteiger partial charge in [0.05, 0.1) is 18.8 Å². The number of rotatable bonds is 7. The van der Waals surface area contributed by atoms with Gasteiger partial charge in [0.15, 0.2) is 6.61 Å². The summed E-state index contributed by atoms with van der Waals surface area (Å²) in [6.45, 7) is 2.16. The molecule has 0 unspecified atom stereocenters. The van der Waals surface area contributed by atoms with Crippen LogP contribution in [0.1, 0.15) is 55.1 Å². The van der Waals surface area contributed by atoms with Gasteiger partial charge in [0.1, 0.15) is 11.9 Å². The van der Waals surface area contributed by atoms with Gasteiger partial charge in [-0.3, -0.25) is 9.53 Å². The fourth-order valence-electron chi connectivity index (χ4n) is 3.71. The highest BCUT2D eigenvalue weighted by Gasteiger charge is 2.42. The minimum Gasteiger partial charge on any atom is -0.484 e.